The van der Waals surface area contributed by atoms with Gasteiger partial charge in [-0.3, -0.25) is 4.79 Å². The van der Waals surface area contributed by atoms with Crippen LogP contribution in [0.5, 0.6) is 0 Å². The predicted molar refractivity (Wildman–Crippen MR) is 79.7 cm³/mol. The van der Waals surface area contributed by atoms with Crippen molar-refractivity contribution >= 4 is 17.6 Å². The molecule has 5 nitrogen and oxygen atoms in total. The number of benzene rings is 1. The number of anilines is 1. The molecule has 0 bridgehead atoms. The standard InChI is InChI=1S/C16H16N2O3/c1-3-11-4-6-13(7-5-11)18(2)15(19)12-8-9-17-14(10-12)16(20)21/h4-10H,3H2,1-2H3,(H,20,21). The molecule has 0 fully saturated rings. The Kier molecular flexibility index (Phi) is 4.33. The summed E-state index contributed by atoms with van der Waals surface area (Å²) in [6.07, 6.45) is 2.26. The van der Waals surface area contributed by atoms with E-state index in [1.807, 2.05) is 24.3 Å². The summed E-state index contributed by atoms with van der Waals surface area (Å²) in [5.41, 5.74) is 2.10. The highest BCUT2D eigenvalue weighted by Gasteiger charge is 2.15. The van der Waals surface area contributed by atoms with Crippen molar-refractivity contribution in [1.29, 1.82) is 0 Å². The molecule has 0 saturated heterocycles. The van der Waals surface area contributed by atoms with Gasteiger partial charge in [-0.15, -0.1) is 0 Å². The first-order valence-corrected chi connectivity index (χ1v) is 6.59. The molecule has 21 heavy (non-hydrogen) atoms. The van der Waals surface area contributed by atoms with Crippen LogP contribution in [0.15, 0.2) is 42.6 Å². The van der Waals surface area contributed by atoms with E-state index < -0.39 is 5.97 Å². The number of carbonyl (C=O) groups excluding carboxylic acids is 1. The molecule has 0 radical (unpaired) electrons. The van der Waals surface area contributed by atoms with E-state index in [4.69, 9.17) is 5.11 Å². The monoisotopic (exact) mass is 284 g/mol. The molecule has 1 amide bonds. The quantitative estimate of drug-likeness (QED) is 0.937. The Morgan fingerprint density at radius 2 is 1.86 bits per heavy atom. The van der Waals surface area contributed by atoms with Gasteiger partial charge in [0.25, 0.3) is 5.91 Å². The summed E-state index contributed by atoms with van der Waals surface area (Å²) in [6.45, 7) is 2.06. The number of aromatic nitrogens is 1. The van der Waals surface area contributed by atoms with E-state index in [2.05, 4.69) is 11.9 Å². The second kappa shape index (κ2) is 6.17. The lowest BCUT2D eigenvalue weighted by molar-refractivity contribution is 0.0690. The fourth-order valence-electron chi connectivity index (χ4n) is 1.95. The van der Waals surface area contributed by atoms with Gasteiger partial charge in [0.05, 0.1) is 0 Å². The largest absolute Gasteiger partial charge is 0.477 e. The van der Waals surface area contributed by atoms with Crippen LogP contribution in [0.25, 0.3) is 0 Å². The molecule has 108 valence electrons. The highest BCUT2D eigenvalue weighted by Crippen LogP contribution is 2.17. The van der Waals surface area contributed by atoms with Crippen LogP contribution in [0.3, 0.4) is 0 Å². The summed E-state index contributed by atoms with van der Waals surface area (Å²) in [7, 11) is 1.66. The number of carboxylic acid groups (broad SMARTS) is 1. The normalized spacial score (nSPS) is 10.2. The lowest BCUT2D eigenvalue weighted by atomic mass is 10.1. The van der Waals surface area contributed by atoms with Crippen LogP contribution in [0.4, 0.5) is 5.69 Å². The third-order valence-electron chi connectivity index (χ3n) is 3.26. The number of hydrogen-bond donors (Lipinski definition) is 1. The first-order valence-electron chi connectivity index (χ1n) is 6.59. The number of hydrogen-bond acceptors (Lipinski definition) is 3. The molecule has 1 heterocycles. The van der Waals surface area contributed by atoms with E-state index in [1.54, 1.807) is 7.05 Å². The lowest BCUT2D eigenvalue weighted by Gasteiger charge is -2.17. The zero-order valence-corrected chi connectivity index (χ0v) is 11.9. The van der Waals surface area contributed by atoms with Crippen LogP contribution >= 0.6 is 0 Å². The van der Waals surface area contributed by atoms with E-state index in [-0.39, 0.29) is 11.6 Å². The van der Waals surface area contributed by atoms with Gasteiger partial charge in [0, 0.05) is 24.5 Å². The molecule has 1 aromatic carbocycles. The topological polar surface area (TPSA) is 70.5 Å². The van der Waals surface area contributed by atoms with E-state index in [0.29, 0.717) is 5.56 Å². The lowest BCUT2D eigenvalue weighted by Crippen LogP contribution is -2.26. The molecule has 0 atom stereocenters. The third kappa shape index (κ3) is 3.25. The molecular formula is C16H16N2O3. The maximum absolute atomic E-state index is 12.4. The van der Waals surface area contributed by atoms with E-state index in [9.17, 15) is 9.59 Å². The molecule has 0 aliphatic carbocycles. The van der Waals surface area contributed by atoms with Gasteiger partial charge in [-0.2, -0.15) is 0 Å². The van der Waals surface area contributed by atoms with Crippen molar-refractivity contribution in [3.8, 4) is 0 Å². The predicted octanol–water partition coefficient (Wildman–Crippen LogP) is 2.62. The minimum absolute atomic E-state index is 0.143. The maximum Gasteiger partial charge on any atom is 0.354 e. The zero-order chi connectivity index (χ0) is 15.4. The summed E-state index contributed by atoms with van der Waals surface area (Å²) in [5.74, 6) is -1.43. The third-order valence-corrected chi connectivity index (χ3v) is 3.26. The highest BCUT2D eigenvalue weighted by atomic mass is 16.4. The van der Waals surface area contributed by atoms with Crippen molar-refractivity contribution in [2.75, 3.05) is 11.9 Å². The zero-order valence-electron chi connectivity index (χ0n) is 11.9. The first-order chi connectivity index (χ1) is 10.0. The molecule has 0 aliphatic heterocycles. The fraction of sp³-hybridized carbons (Fsp3) is 0.188. The van der Waals surface area contributed by atoms with Gasteiger partial charge in [0.15, 0.2) is 0 Å². The van der Waals surface area contributed by atoms with Crippen molar-refractivity contribution in [3.05, 3.63) is 59.4 Å². The van der Waals surface area contributed by atoms with Gasteiger partial charge in [0.2, 0.25) is 0 Å². The summed E-state index contributed by atoms with van der Waals surface area (Å²) in [5, 5.41) is 8.92. The molecule has 2 aromatic rings. The van der Waals surface area contributed by atoms with Crippen LogP contribution in [-0.2, 0) is 6.42 Å². The molecule has 0 spiro atoms. The minimum Gasteiger partial charge on any atom is -0.477 e. The van der Waals surface area contributed by atoms with Crippen molar-refractivity contribution in [2.45, 2.75) is 13.3 Å². The summed E-state index contributed by atoms with van der Waals surface area (Å²) >= 11 is 0. The van der Waals surface area contributed by atoms with E-state index >= 15 is 0 Å². The first kappa shape index (κ1) is 14.7. The Hall–Kier alpha value is -2.69. The van der Waals surface area contributed by atoms with Gasteiger partial charge >= 0.3 is 5.97 Å². The van der Waals surface area contributed by atoms with Crippen LogP contribution in [0.2, 0.25) is 0 Å². The van der Waals surface area contributed by atoms with Crippen LogP contribution in [0, 0.1) is 0 Å². The van der Waals surface area contributed by atoms with Crippen LogP contribution in [-0.4, -0.2) is 29.0 Å². The molecular weight excluding hydrogens is 268 g/mol. The van der Waals surface area contributed by atoms with Gasteiger partial charge in [0.1, 0.15) is 5.69 Å². The minimum atomic E-state index is -1.15. The summed E-state index contributed by atoms with van der Waals surface area (Å²) < 4.78 is 0. The highest BCUT2D eigenvalue weighted by molar-refractivity contribution is 6.06. The molecule has 0 saturated carbocycles. The van der Waals surface area contributed by atoms with Gasteiger partial charge in [-0.1, -0.05) is 19.1 Å². The van der Waals surface area contributed by atoms with Crippen molar-refractivity contribution in [2.24, 2.45) is 0 Å². The SMILES string of the molecule is CCc1ccc(N(C)C(=O)c2ccnc(C(=O)O)c2)cc1. The number of carboxylic acids is 1. The second-order valence-corrected chi connectivity index (χ2v) is 4.62. The average Bonchev–Trinajstić information content (AvgIpc) is 2.53. The Labute approximate surface area is 122 Å². The average molecular weight is 284 g/mol. The van der Waals surface area contributed by atoms with Crippen LogP contribution in [0.1, 0.15) is 33.3 Å². The van der Waals surface area contributed by atoms with E-state index in [0.717, 1.165) is 12.1 Å². The smallest absolute Gasteiger partial charge is 0.354 e. The van der Waals surface area contributed by atoms with Crippen molar-refractivity contribution in [3.63, 3.8) is 0 Å². The Morgan fingerprint density at radius 3 is 2.43 bits per heavy atom. The molecule has 1 aromatic heterocycles. The number of nitrogens with zero attached hydrogens (tertiary/aromatic N) is 2. The second-order valence-electron chi connectivity index (χ2n) is 4.62. The van der Waals surface area contributed by atoms with Gasteiger partial charge < -0.3 is 10.0 Å². The maximum atomic E-state index is 12.4. The molecule has 0 unspecified atom stereocenters. The Morgan fingerprint density at radius 1 is 1.19 bits per heavy atom. The molecule has 1 N–H and O–H groups in total. The summed E-state index contributed by atoms with van der Waals surface area (Å²) in [6, 6.07) is 10.5. The molecule has 0 aliphatic rings. The summed E-state index contributed by atoms with van der Waals surface area (Å²) in [4.78, 5) is 28.5. The molecule has 5 heteroatoms. The van der Waals surface area contributed by atoms with Gasteiger partial charge in [-0.05, 0) is 36.2 Å². The number of carbonyl (C=O) groups is 2. The van der Waals surface area contributed by atoms with Crippen molar-refractivity contribution < 1.29 is 14.7 Å². The van der Waals surface area contributed by atoms with Crippen LogP contribution < -0.4 is 4.90 Å². The fourth-order valence-corrected chi connectivity index (χ4v) is 1.95. The van der Waals surface area contributed by atoms with Crippen molar-refractivity contribution in [1.82, 2.24) is 4.98 Å². The number of pyridine rings is 1. The number of aryl methyl sites for hydroxylation is 1. The number of aromatic carboxylic acids is 1. The Bertz CT molecular complexity index is 665. The Balaban J connectivity index is 2.25. The molecule has 2 rings (SSSR count). The number of rotatable bonds is 4. The number of amides is 1. The van der Waals surface area contributed by atoms with E-state index in [1.165, 1.54) is 28.8 Å². The van der Waals surface area contributed by atoms with Gasteiger partial charge in [-0.25, -0.2) is 9.78 Å².